The maximum absolute atomic E-state index is 10.8. The highest BCUT2D eigenvalue weighted by Crippen LogP contribution is 2.22. The van der Waals surface area contributed by atoms with Crippen LogP contribution < -0.4 is 5.73 Å². The van der Waals surface area contributed by atoms with Crippen LogP contribution in [-0.4, -0.2) is 17.1 Å². The number of hydrogen-bond acceptors (Lipinski definition) is 4. The molecule has 0 aliphatic rings. The molecule has 1 aromatic heterocycles. The Morgan fingerprint density at radius 2 is 2.36 bits per heavy atom. The van der Waals surface area contributed by atoms with Crippen LogP contribution in [0.2, 0.25) is 0 Å². The van der Waals surface area contributed by atoms with Crippen molar-refractivity contribution >= 4 is 28.8 Å². The first kappa shape index (κ1) is 9.08. The number of amides is 1. The van der Waals surface area contributed by atoms with Gasteiger partial charge in [-0.15, -0.1) is 11.8 Å². The van der Waals surface area contributed by atoms with Crippen molar-refractivity contribution in [2.24, 2.45) is 5.73 Å². The lowest BCUT2D eigenvalue weighted by atomic mass is 10.3. The van der Waals surface area contributed by atoms with Crippen molar-refractivity contribution in [2.45, 2.75) is 4.90 Å². The van der Waals surface area contributed by atoms with Gasteiger partial charge < -0.3 is 10.2 Å². The van der Waals surface area contributed by atoms with Gasteiger partial charge in [-0.25, -0.2) is 4.98 Å². The quantitative estimate of drug-likeness (QED) is 0.762. The third-order valence-corrected chi connectivity index (χ3v) is 2.53. The number of aromatic nitrogens is 1. The normalized spacial score (nSPS) is 10.6. The largest absolute Gasteiger partial charge is 0.432 e. The molecule has 14 heavy (non-hydrogen) atoms. The van der Waals surface area contributed by atoms with Gasteiger partial charge in [0.1, 0.15) is 5.52 Å². The molecule has 1 heterocycles. The Labute approximate surface area is 84.5 Å². The molecule has 0 aliphatic heterocycles. The molecule has 0 radical (unpaired) electrons. The van der Waals surface area contributed by atoms with Crippen LogP contribution in [0.25, 0.3) is 11.1 Å². The number of carbonyl (C=O) groups excluding carboxylic acids is 1. The van der Waals surface area contributed by atoms with Gasteiger partial charge in [-0.3, -0.25) is 4.79 Å². The number of primary amides is 1. The molecule has 0 fully saturated rings. The molecule has 2 aromatic rings. The van der Waals surface area contributed by atoms with Crippen LogP contribution in [0.1, 0.15) is 10.7 Å². The van der Waals surface area contributed by atoms with Crippen molar-refractivity contribution in [3.63, 3.8) is 0 Å². The minimum atomic E-state index is -0.646. The molecule has 2 N–H and O–H groups in total. The first-order valence-electron chi connectivity index (χ1n) is 3.95. The summed E-state index contributed by atoms with van der Waals surface area (Å²) in [4.78, 5) is 15.8. The third-order valence-electron chi connectivity index (χ3n) is 1.81. The lowest BCUT2D eigenvalue weighted by Crippen LogP contribution is -2.10. The Kier molecular flexibility index (Phi) is 2.17. The number of benzene rings is 1. The standard InChI is InChI=1S/C9H8N2O2S/c1-14-5-2-3-6-7(4-5)13-9(11-6)8(10)12/h2-4H,1H3,(H2,10,12). The highest BCUT2D eigenvalue weighted by molar-refractivity contribution is 7.98. The van der Waals surface area contributed by atoms with E-state index in [4.69, 9.17) is 10.2 Å². The van der Waals surface area contributed by atoms with E-state index >= 15 is 0 Å². The first-order chi connectivity index (χ1) is 6.70. The third kappa shape index (κ3) is 1.46. The fourth-order valence-corrected chi connectivity index (χ4v) is 1.57. The van der Waals surface area contributed by atoms with Crippen molar-refractivity contribution in [1.29, 1.82) is 0 Å². The number of fused-ring (bicyclic) bond motifs is 1. The Morgan fingerprint density at radius 3 is 3.00 bits per heavy atom. The molecule has 0 unspecified atom stereocenters. The Morgan fingerprint density at radius 1 is 1.57 bits per heavy atom. The summed E-state index contributed by atoms with van der Waals surface area (Å²) in [5.41, 5.74) is 6.29. The van der Waals surface area contributed by atoms with E-state index in [1.54, 1.807) is 17.8 Å². The summed E-state index contributed by atoms with van der Waals surface area (Å²) in [5, 5.41) is 0. The van der Waals surface area contributed by atoms with E-state index in [1.807, 2.05) is 18.4 Å². The average Bonchev–Trinajstić information content (AvgIpc) is 2.59. The van der Waals surface area contributed by atoms with E-state index in [9.17, 15) is 4.79 Å². The summed E-state index contributed by atoms with van der Waals surface area (Å²) in [6.07, 6.45) is 1.96. The maximum atomic E-state index is 10.8. The van der Waals surface area contributed by atoms with Crippen LogP contribution in [0, 0.1) is 0 Å². The van der Waals surface area contributed by atoms with Gasteiger partial charge in [0.05, 0.1) is 0 Å². The molecule has 1 aromatic carbocycles. The minimum Gasteiger partial charge on any atom is -0.432 e. The molecule has 2 rings (SSSR count). The fourth-order valence-electron chi connectivity index (χ4n) is 1.14. The van der Waals surface area contributed by atoms with Gasteiger partial charge in [-0.05, 0) is 24.5 Å². The number of carbonyl (C=O) groups is 1. The summed E-state index contributed by atoms with van der Waals surface area (Å²) in [6, 6.07) is 5.55. The first-order valence-corrected chi connectivity index (χ1v) is 5.17. The van der Waals surface area contributed by atoms with E-state index < -0.39 is 5.91 Å². The Hall–Kier alpha value is -1.49. The van der Waals surface area contributed by atoms with Crippen LogP contribution in [-0.2, 0) is 0 Å². The topological polar surface area (TPSA) is 69.1 Å². The molecule has 0 atom stereocenters. The van der Waals surface area contributed by atoms with Gasteiger partial charge in [0, 0.05) is 4.90 Å². The number of oxazole rings is 1. The van der Waals surface area contributed by atoms with Gasteiger partial charge in [0.2, 0.25) is 0 Å². The molecule has 0 saturated heterocycles. The Balaban J connectivity index is 2.60. The van der Waals surface area contributed by atoms with Crippen molar-refractivity contribution in [3.8, 4) is 0 Å². The SMILES string of the molecule is CSc1ccc2nc(C(N)=O)oc2c1. The second-order valence-corrected chi connectivity index (χ2v) is 3.60. The van der Waals surface area contributed by atoms with Crippen molar-refractivity contribution in [2.75, 3.05) is 6.26 Å². The lowest BCUT2D eigenvalue weighted by Gasteiger charge is -1.92. The summed E-state index contributed by atoms with van der Waals surface area (Å²) >= 11 is 1.60. The number of nitrogens with two attached hydrogens (primary N) is 1. The molecule has 0 aliphatic carbocycles. The zero-order valence-electron chi connectivity index (χ0n) is 7.48. The van der Waals surface area contributed by atoms with Gasteiger partial charge in [-0.1, -0.05) is 0 Å². The number of rotatable bonds is 2. The summed E-state index contributed by atoms with van der Waals surface area (Å²) < 4.78 is 5.17. The van der Waals surface area contributed by atoms with Crippen LogP contribution in [0.5, 0.6) is 0 Å². The van der Waals surface area contributed by atoms with Crippen LogP contribution >= 0.6 is 11.8 Å². The molecular formula is C9H8N2O2S. The van der Waals surface area contributed by atoms with Gasteiger partial charge in [-0.2, -0.15) is 0 Å². The molecule has 4 nitrogen and oxygen atoms in total. The molecule has 72 valence electrons. The van der Waals surface area contributed by atoms with Gasteiger partial charge in [0.15, 0.2) is 5.58 Å². The fraction of sp³-hybridized carbons (Fsp3) is 0.111. The van der Waals surface area contributed by atoms with Crippen LogP contribution in [0.15, 0.2) is 27.5 Å². The summed E-state index contributed by atoms with van der Waals surface area (Å²) in [5.74, 6) is -0.690. The molecule has 0 saturated carbocycles. The molecule has 1 amide bonds. The second-order valence-electron chi connectivity index (χ2n) is 2.72. The zero-order valence-corrected chi connectivity index (χ0v) is 8.30. The van der Waals surface area contributed by atoms with Gasteiger partial charge >= 0.3 is 5.91 Å². The zero-order chi connectivity index (χ0) is 10.1. The molecular weight excluding hydrogens is 200 g/mol. The van der Waals surface area contributed by atoms with Crippen LogP contribution in [0.4, 0.5) is 0 Å². The highest BCUT2D eigenvalue weighted by Gasteiger charge is 2.10. The molecule has 0 spiro atoms. The second kappa shape index (κ2) is 3.34. The Bertz CT molecular complexity index is 493. The van der Waals surface area contributed by atoms with E-state index in [0.717, 1.165) is 4.90 Å². The number of nitrogens with zero attached hydrogens (tertiary/aromatic N) is 1. The number of hydrogen-bond donors (Lipinski definition) is 1. The van der Waals surface area contributed by atoms with E-state index in [1.165, 1.54) is 0 Å². The average molecular weight is 208 g/mol. The van der Waals surface area contributed by atoms with Gasteiger partial charge in [0.25, 0.3) is 5.89 Å². The highest BCUT2D eigenvalue weighted by atomic mass is 32.2. The summed E-state index contributed by atoms with van der Waals surface area (Å²) in [6.45, 7) is 0. The molecule has 5 heteroatoms. The molecule has 0 bridgehead atoms. The van der Waals surface area contributed by atoms with Crippen molar-refractivity contribution in [3.05, 3.63) is 24.1 Å². The monoisotopic (exact) mass is 208 g/mol. The van der Waals surface area contributed by atoms with Crippen molar-refractivity contribution in [1.82, 2.24) is 4.98 Å². The predicted octanol–water partition coefficient (Wildman–Crippen LogP) is 1.65. The van der Waals surface area contributed by atoms with E-state index in [2.05, 4.69) is 4.98 Å². The predicted molar refractivity (Wildman–Crippen MR) is 54.3 cm³/mol. The lowest BCUT2D eigenvalue weighted by molar-refractivity contribution is 0.0969. The minimum absolute atomic E-state index is 0.0433. The van der Waals surface area contributed by atoms with E-state index in [0.29, 0.717) is 11.1 Å². The van der Waals surface area contributed by atoms with E-state index in [-0.39, 0.29) is 5.89 Å². The van der Waals surface area contributed by atoms with Crippen molar-refractivity contribution < 1.29 is 9.21 Å². The maximum Gasteiger partial charge on any atom is 0.304 e. The number of thioether (sulfide) groups is 1. The summed E-state index contributed by atoms with van der Waals surface area (Å²) in [7, 11) is 0. The van der Waals surface area contributed by atoms with Crippen LogP contribution in [0.3, 0.4) is 0 Å². The smallest absolute Gasteiger partial charge is 0.304 e.